The zero-order valence-corrected chi connectivity index (χ0v) is 12.9. The quantitative estimate of drug-likeness (QED) is 0.915. The number of H-pyrrole nitrogens is 1. The molecule has 0 radical (unpaired) electrons. The summed E-state index contributed by atoms with van der Waals surface area (Å²) in [5.41, 5.74) is 1.57. The maximum absolute atomic E-state index is 12.4. The Balaban J connectivity index is 2.24. The Bertz CT molecular complexity index is 764. The third kappa shape index (κ3) is 3.40. The lowest BCUT2D eigenvalue weighted by molar-refractivity contribution is 0.466. The molecule has 0 saturated heterocycles. The highest BCUT2D eigenvalue weighted by Gasteiger charge is 2.23. The van der Waals surface area contributed by atoms with Crippen LogP contribution in [0.15, 0.2) is 52.4 Å². The van der Waals surface area contributed by atoms with Crippen LogP contribution in [-0.4, -0.2) is 24.8 Å². The van der Waals surface area contributed by atoms with Gasteiger partial charge in [-0.1, -0.05) is 31.2 Å². The fourth-order valence-electron chi connectivity index (χ4n) is 1.99. The topological polar surface area (TPSA) is 70.2 Å². The SMILES string of the molecule is CCc1ccc(CN(C)S(=O)(=O)c2c[nH]ccc2=O)cc1. The van der Waals surface area contributed by atoms with E-state index in [1.165, 1.54) is 35.4 Å². The molecule has 1 aromatic heterocycles. The lowest BCUT2D eigenvalue weighted by Crippen LogP contribution is -2.30. The van der Waals surface area contributed by atoms with Crippen LogP contribution in [0.25, 0.3) is 0 Å². The summed E-state index contributed by atoms with van der Waals surface area (Å²) < 4.78 is 26.0. The van der Waals surface area contributed by atoms with Crippen LogP contribution in [0.5, 0.6) is 0 Å². The van der Waals surface area contributed by atoms with Crippen LogP contribution in [-0.2, 0) is 23.0 Å². The number of hydrogen-bond acceptors (Lipinski definition) is 3. The number of aryl methyl sites for hydroxylation is 1. The van der Waals surface area contributed by atoms with E-state index in [-0.39, 0.29) is 11.4 Å². The van der Waals surface area contributed by atoms with Gasteiger partial charge in [-0.3, -0.25) is 4.79 Å². The minimum absolute atomic E-state index is 0.223. The van der Waals surface area contributed by atoms with Crippen LogP contribution >= 0.6 is 0 Å². The molecule has 1 N–H and O–H groups in total. The molecular formula is C15H18N2O3S. The molecule has 0 saturated carbocycles. The van der Waals surface area contributed by atoms with E-state index in [0.717, 1.165) is 12.0 Å². The van der Waals surface area contributed by atoms with E-state index in [2.05, 4.69) is 11.9 Å². The first-order valence-corrected chi connectivity index (χ1v) is 8.10. The first-order chi connectivity index (χ1) is 9.95. The summed E-state index contributed by atoms with van der Waals surface area (Å²) in [6, 6.07) is 8.97. The maximum atomic E-state index is 12.4. The fourth-order valence-corrected chi connectivity index (χ4v) is 3.19. The average molecular weight is 306 g/mol. The molecule has 0 atom stereocenters. The molecule has 0 spiro atoms. The number of pyridine rings is 1. The highest BCUT2D eigenvalue weighted by molar-refractivity contribution is 7.89. The third-order valence-corrected chi connectivity index (χ3v) is 5.14. The molecule has 0 aliphatic heterocycles. The lowest BCUT2D eigenvalue weighted by atomic mass is 10.1. The normalized spacial score (nSPS) is 11.8. The van der Waals surface area contributed by atoms with E-state index in [4.69, 9.17) is 0 Å². The summed E-state index contributed by atoms with van der Waals surface area (Å²) in [5.74, 6) is 0. The molecule has 0 amide bonds. The van der Waals surface area contributed by atoms with E-state index < -0.39 is 15.5 Å². The molecule has 112 valence electrons. The largest absolute Gasteiger partial charge is 0.366 e. The highest BCUT2D eigenvalue weighted by atomic mass is 32.2. The average Bonchev–Trinajstić information content (AvgIpc) is 2.48. The first-order valence-electron chi connectivity index (χ1n) is 6.66. The number of benzene rings is 1. The van der Waals surface area contributed by atoms with Gasteiger partial charge in [0.05, 0.1) is 0 Å². The van der Waals surface area contributed by atoms with Crippen LogP contribution in [0.1, 0.15) is 18.1 Å². The number of rotatable bonds is 5. The molecular weight excluding hydrogens is 288 g/mol. The van der Waals surface area contributed by atoms with Gasteiger partial charge in [-0.15, -0.1) is 0 Å². The van der Waals surface area contributed by atoms with Gasteiger partial charge in [0.2, 0.25) is 15.5 Å². The lowest BCUT2D eigenvalue weighted by Gasteiger charge is -2.16. The van der Waals surface area contributed by atoms with Crippen molar-refractivity contribution in [1.82, 2.24) is 9.29 Å². The Morgan fingerprint density at radius 3 is 2.29 bits per heavy atom. The van der Waals surface area contributed by atoms with Crippen molar-refractivity contribution in [3.63, 3.8) is 0 Å². The molecule has 2 aromatic rings. The van der Waals surface area contributed by atoms with Gasteiger partial charge in [0.25, 0.3) is 0 Å². The molecule has 1 heterocycles. The summed E-state index contributed by atoms with van der Waals surface area (Å²) in [7, 11) is -2.33. The molecule has 21 heavy (non-hydrogen) atoms. The molecule has 0 fully saturated rings. The van der Waals surface area contributed by atoms with Gasteiger partial charge in [0.15, 0.2) is 0 Å². The zero-order valence-electron chi connectivity index (χ0n) is 12.0. The monoisotopic (exact) mass is 306 g/mol. The number of nitrogens with one attached hydrogen (secondary N) is 1. The highest BCUT2D eigenvalue weighted by Crippen LogP contribution is 2.13. The van der Waals surface area contributed by atoms with Gasteiger partial charge in [0, 0.05) is 32.1 Å². The standard InChI is InChI=1S/C15H18N2O3S/c1-3-12-4-6-13(7-5-12)11-17(2)21(19,20)15-10-16-9-8-14(15)18/h4-10H,3,11H2,1-2H3,(H,16,18). The molecule has 0 aliphatic carbocycles. The van der Waals surface area contributed by atoms with Crippen molar-refractivity contribution in [3.05, 3.63) is 64.1 Å². The van der Waals surface area contributed by atoms with Crippen molar-refractivity contribution in [2.24, 2.45) is 0 Å². The summed E-state index contributed by atoms with van der Waals surface area (Å²) in [6.07, 6.45) is 3.56. The van der Waals surface area contributed by atoms with Crippen molar-refractivity contribution >= 4 is 10.0 Å². The minimum atomic E-state index is -3.79. The Kier molecular flexibility index (Phi) is 4.59. The van der Waals surface area contributed by atoms with E-state index >= 15 is 0 Å². The van der Waals surface area contributed by atoms with Crippen LogP contribution < -0.4 is 5.43 Å². The van der Waals surface area contributed by atoms with Crippen molar-refractivity contribution in [2.75, 3.05) is 7.05 Å². The molecule has 0 aliphatic rings. The number of aromatic nitrogens is 1. The van der Waals surface area contributed by atoms with Crippen LogP contribution in [0, 0.1) is 0 Å². The second-order valence-corrected chi connectivity index (χ2v) is 6.82. The molecule has 1 aromatic carbocycles. The maximum Gasteiger partial charge on any atom is 0.248 e. The van der Waals surface area contributed by atoms with Crippen LogP contribution in [0.3, 0.4) is 0 Å². The first kappa shape index (κ1) is 15.5. The predicted octanol–water partition coefficient (Wildman–Crippen LogP) is 1.76. The van der Waals surface area contributed by atoms with Gasteiger partial charge in [-0.05, 0) is 17.5 Å². The Morgan fingerprint density at radius 1 is 1.10 bits per heavy atom. The van der Waals surface area contributed by atoms with Crippen molar-refractivity contribution in [1.29, 1.82) is 0 Å². The van der Waals surface area contributed by atoms with E-state index in [1.54, 1.807) is 0 Å². The van der Waals surface area contributed by atoms with E-state index in [1.807, 2.05) is 24.3 Å². The van der Waals surface area contributed by atoms with Gasteiger partial charge < -0.3 is 4.98 Å². The van der Waals surface area contributed by atoms with Crippen molar-refractivity contribution in [3.8, 4) is 0 Å². The Labute approximate surface area is 124 Å². The minimum Gasteiger partial charge on any atom is -0.366 e. The van der Waals surface area contributed by atoms with E-state index in [0.29, 0.717) is 0 Å². The fraction of sp³-hybridized carbons (Fsp3) is 0.267. The number of nitrogens with zero attached hydrogens (tertiary/aromatic N) is 1. The van der Waals surface area contributed by atoms with E-state index in [9.17, 15) is 13.2 Å². The Morgan fingerprint density at radius 2 is 1.71 bits per heavy atom. The molecule has 5 nitrogen and oxygen atoms in total. The summed E-state index contributed by atoms with van der Waals surface area (Å²) in [4.78, 5) is 14.1. The number of sulfonamides is 1. The summed E-state index contributed by atoms with van der Waals surface area (Å²) >= 11 is 0. The third-order valence-electron chi connectivity index (χ3n) is 3.31. The summed E-state index contributed by atoms with van der Waals surface area (Å²) in [6.45, 7) is 2.29. The summed E-state index contributed by atoms with van der Waals surface area (Å²) in [5, 5.41) is 0. The molecule has 0 bridgehead atoms. The zero-order chi connectivity index (χ0) is 15.5. The van der Waals surface area contributed by atoms with Crippen LogP contribution in [0.2, 0.25) is 0 Å². The van der Waals surface area contributed by atoms with Crippen molar-refractivity contribution in [2.45, 2.75) is 24.8 Å². The molecule has 6 heteroatoms. The van der Waals surface area contributed by atoms with Gasteiger partial charge in [0.1, 0.15) is 4.90 Å². The van der Waals surface area contributed by atoms with Gasteiger partial charge in [-0.25, -0.2) is 8.42 Å². The predicted molar refractivity (Wildman–Crippen MR) is 81.5 cm³/mol. The second-order valence-electron chi connectivity index (χ2n) is 4.80. The second kappa shape index (κ2) is 6.24. The van der Waals surface area contributed by atoms with Crippen molar-refractivity contribution < 1.29 is 8.42 Å². The van der Waals surface area contributed by atoms with Gasteiger partial charge in [-0.2, -0.15) is 4.31 Å². The number of hydrogen-bond donors (Lipinski definition) is 1. The van der Waals surface area contributed by atoms with Gasteiger partial charge >= 0.3 is 0 Å². The smallest absolute Gasteiger partial charge is 0.248 e. The van der Waals surface area contributed by atoms with Crippen LogP contribution in [0.4, 0.5) is 0 Å². The molecule has 2 rings (SSSR count). The number of aromatic amines is 1. The molecule has 0 unspecified atom stereocenters. The Hall–Kier alpha value is -1.92.